The lowest BCUT2D eigenvalue weighted by atomic mass is 9.78. The van der Waals surface area contributed by atoms with Gasteiger partial charge in [0.1, 0.15) is 0 Å². The molecule has 0 aliphatic heterocycles. The van der Waals surface area contributed by atoms with Gasteiger partial charge < -0.3 is 15.2 Å². The van der Waals surface area contributed by atoms with E-state index < -0.39 is 17.8 Å². The minimum Gasteiger partial charge on any atom is -0.550 e. The Balaban J connectivity index is 1.57. The van der Waals surface area contributed by atoms with Gasteiger partial charge in [-0.25, -0.2) is 0 Å². The molecule has 2 fully saturated rings. The van der Waals surface area contributed by atoms with E-state index in [1.165, 1.54) is 0 Å². The molecular formula is C19H18NO3-. The van der Waals surface area contributed by atoms with E-state index in [0.29, 0.717) is 5.69 Å². The van der Waals surface area contributed by atoms with Crippen molar-refractivity contribution in [2.45, 2.75) is 19.3 Å². The Hall–Kier alpha value is -2.36. The molecule has 2 saturated carbocycles. The highest BCUT2D eigenvalue weighted by Crippen LogP contribution is 2.52. The van der Waals surface area contributed by atoms with Crippen LogP contribution in [0.5, 0.6) is 0 Å². The number of amides is 1. The summed E-state index contributed by atoms with van der Waals surface area (Å²) in [5.74, 6) is -2.04. The minimum atomic E-state index is -1.07. The summed E-state index contributed by atoms with van der Waals surface area (Å²) in [6.45, 7) is 0. The molecule has 4 rings (SSSR count). The molecule has 0 heterocycles. The van der Waals surface area contributed by atoms with Gasteiger partial charge in [-0.05, 0) is 54.0 Å². The Morgan fingerprint density at radius 2 is 1.65 bits per heavy atom. The summed E-state index contributed by atoms with van der Waals surface area (Å²) < 4.78 is 0. The maximum absolute atomic E-state index is 12.7. The summed E-state index contributed by atoms with van der Waals surface area (Å²) >= 11 is 0. The maximum atomic E-state index is 12.7. The van der Waals surface area contributed by atoms with Crippen molar-refractivity contribution in [3.63, 3.8) is 0 Å². The van der Waals surface area contributed by atoms with E-state index in [0.717, 1.165) is 30.0 Å². The van der Waals surface area contributed by atoms with Crippen molar-refractivity contribution in [2.75, 3.05) is 5.32 Å². The van der Waals surface area contributed by atoms with Gasteiger partial charge in [-0.3, -0.25) is 4.79 Å². The second-order valence-corrected chi connectivity index (χ2v) is 6.75. The number of hydrogen-bond donors (Lipinski definition) is 1. The van der Waals surface area contributed by atoms with Gasteiger partial charge in [0.2, 0.25) is 5.91 Å². The van der Waals surface area contributed by atoms with Gasteiger partial charge in [0.15, 0.2) is 0 Å². The Kier molecular flexibility index (Phi) is 3.33. The fourth-order valence-electron chi connectivity index (χ4n) is 4.50. The third-order valence-electron chi connectivity index (χ3n) is 5.51. The fourth-order valence-corrected chi connectivity index (χ4v) is 4.50. The molecule has 4 nitrogen and oxygen atoms in total. The van der Waals surface area contributed by atoms with E-state index in [9.17, 15) is 14.7 Å². The van der Waals surface area contributed by atoms with Gasteiger partial charge in [-0.1, -0.05) is 30.3 Å². The summed E-state index contributed by atoms with van der Waals surface area (Å²) in [6.07, 6.45) is 2.70. The summed E-state index contributed by atoms with van der Waals surface area (Å²) in [7, 11) is 0. The molecule has 2 aliphatic rings. The summed E-state index contributed by atoms with van der Waals surface area (Å²) in [5, 5.41) is 16.5. The second kappa shape index (κ2) is 5.37. The topological polar surface area (TPSA) is 69.2 Å². The predicted octanol–water partition coefficient (Wildman–Crippen LogP) is 2.19. The molecule has 0 aromatic heterocycles. The number of aliphatic carboxylic acids is 1. The van der Waals surface area contributed by atoms with Crippen LogP contribution in [0.3, 0.4) is 0 Å². The first-order chi connectivity index (χ1) is 11.1. The number of fused-ring (bicyclic) bond motifs is 3. The first-order valence-corrected chi connectivity index (χ1v) is 8.14. The number of rotatable bonds is 3. The number of carboxylic acid groups (broad SMARTS) is 1. The number of anilines is 1. The van der Waals surface area contributed by atoms with Gasteiger partial charge in [0, 0.05) is 23.5 Å². The lowest BCUT2D eigenvalue weighted by Crippen LogP contribution is -2.43. The largest absolute Gasteiger partial charge is 0.550 e. The van der Waals surface area contributed by atoms with Crippen LogP contribution in [0.15, 0.2) is 42.5 Å². The van der Waals surface area contributed by atoms with Crippen LogP contribution in [0.2, 0.25) is 0 Å². The zero-order valence-electron chi connectivity index (χ0n) is 12.7. The molecule has 1 amide bonds. The van der Waals surface area contributed by atoms with Gasteiger partial charge in [0.25, 0.3) is 0 Å². The number of nitrogens with one attached hydrogen (secondary N) is 1. The van der Waals surface area contributed by atoms with Crippen molar-refractivity contribution < 1.29 is 14.7 Å². The highest BCUT2D eigenvalue weighted by Gasteiger charge is 2.51. The number of benzene rings is 2. The molecule has 1 N–H and O–H groups in total. The molecule has 23 heavy (non-hydrogen) atoms. The summed E-state index contributed by atoms with van der Waals surface area (Å²) in [4.78, 5) is 24.1. The number of carbonyl (C=O) groups is 2. The quantitative estimate of drug-likeness (QED) is 0.945. The van der Waals surface area contributed by atoms with Crippen LogP contribution in [-0.4, -0.2) is 11.9 Å². The molecule has 2 bridgehead atoms. The highest BCUT2D eigenvalue weighted by molar-refractivity contribution is 5.97. The molecule has 118 valence electrons. The van der Waals surface area contributed by atoms with Gasteiger partial charge >= 0.3 is 0 Å². The Bertz CT molecular complexity index is 785. The lowest BCUT2D eigenvalue weighted by Gasteiger charge is -2.30. The van der Waals surface area contributed by atoms with E-state index in [4.69, 9.17) is 0 Å². The lowest BCUT2D eigenvalue weighted by molar-refractivity contribution is -0.314. The number of carbonyl (C=O) groups excluding carboxylic acids is 2. The predicted molar refractivity (Wildman–Crippen MR) is 85.4 cm³/mol. The van der Waals surface area contributed by atoms with Crippen LogP contribution < -0.4 is 10.4 Å². The van der Waals surface area contributed by atoms with Crippen molar-refractivity contribution >= 4 is 28.3 Å². The molecule has 0 radical (unpaired) electrons. The molecule has 0 spiro atoms. The molecule has 0 saturated heterocycles. The van der Waals surface area contributed by atoms with E-state index in [1.54, 1.807) is 0 Å². The molecule has 2 aromatic rings. The monoisotopic (exact) mass is 308 g/mol. The zero-order chi connectivity index (χ0) is 16.0. The Morgan fingerprint density at radius 3 is 2.39 bits per heavy atom. The van der Waals surface area contributed by atoms with E-state index in [1.807, 2.05) is 42.5 Å². The third-order valence-corrected chi connectivity index (χ3v) is 5.51. The van der Waals surface area contributed by atoms with Crippen LogP contribution in [0.25, 0.3) is 10.8 Å². The zero-order valence-corrected chi connectivity index (χ0v) is 12.7. The van der Waals surface area contributed by atoms with Crippen molar-refractivity contribution in [2.24, 2.45) is 23.7 Å². The first kappa shape index (κ1) is 14.2. The normalized spacial score (nSPS) is 28.9. The van der Waals surface area contributed by atoms with Crippen molar-refractivity contribution in [3.05, 3.63) is 42.5 Å². The van der Waals surface area contributed by atoms with Crippen LogP contribution in [-0.2, 0) is 9.59 Å². The fraction of sp³-hybridized carbons (Fsp3) is 0.368. The van der Waals surface area contributed by atoms with Crippen molar-refractivity contribution in [3.8, 4) is 0 Å². The van der Waals surface area contributed by atoms with Gasteiger partial charge in [-0.2, -0.15) is 0 Å². The molecule has 4 heteroatoms. The number of carboxylic acids is 1. The average molecular weight is 308 g/mol. The maximum Gasteiger partial charge on any atom is 0.228 e. The van der Waals surface area contributed by atoms with E-state index >= 15 is 0 Å². The molecule has 2 aliphatic carbocycles. The van der Waals surface area contributed by atoms with Crippen LogP contribution in [0.1, 0.15) is 19.3 Å². The average Bonchev–Trinajstić information content (AvgIpc) is 3.15. The second-order valence-electron chi connectivity index (χ2n) is 6.75. The molecule has 4 atom stereocenters. The van der Waals surface area contributed by atoms with Crippen molar-refractivity contribution in [1.29, 1.82) is 0 Å². The Labute approximate surface area is 134 Å². The van der Waals surface area contributed by atoms with Crippen molar-refractivity contribution in [1.82, 2.24) is 0 Å². The Morgan fingerprint density at radius 1 is 0.957 bits per heavy atom. The van der Waals surface area contributed by atoms with E-state index in [2.05, 4.69) is 5.32 Å². The summed E-state index contributed by atoms with van der Waals surface area (Å²) in [6, 6.07) is 13.7. The standard InChI is InChI=1S/C19H19NO3/c21-18(16-13-5-6-14(9-13)17(16)19(22)23)20-15-8-7-11-3-1-2-4-12(11)10-15/h1-4,7-8,10,13-14,16-17H,5-6,9H2,(H,20,21)(H,22,23)/p-1/t13-,14+,16-,17+/m1/s1. The minimum absolute atomic E-state index is 0.109. The molecule has 0 unspecified atom stereocenters. The third kappa shape index (κ3) is 2.38. The first-order valence-electron chi connectivity index (χ1n) is 8.14. The van der Waals surface area contributed by atoms with Crippen LogP contribution in [0.4, 0.5) is 5.69 Å². The SMILES string of the molecule is O=C(Nc1ccc2ccccc2c1)[C@@H]1[C@@H]2CC[C@@H](C2)[C@@H]1C(=O)[O-]. The van der Waals surface area contributed by atoms with Gasteiger partial charge in [-0.15, -0.1) is 0 Å². The summed E-state index contributed by atoms with van der Waals surface area (Å²) in [5.41, 5.74) is 0.716. The van der Waals surface area contributed by atoms with Gasteiger partial charge in [0.05, 0.1) is 0 Å². The van der Waals surface area contributed by atoms with Crippen LogP contribution >= 0.6 is 0 Å². The number of hydrogen-bond acceptors (Lipinski definition) is 3. The molecule has 2 aromatic carbocycles. The highest BCUT2D eigenvalue weighted by atomic mass is 16.4. The smallest absolute Gasteiger partial charge is 0.228 e. The van der Waals surface area contributed by atoms with E-state index in [-0.39, 0.29) is 17.7 Å². The molecular weight excluding hydrogens is 290 g/mol. The van der Waals surface area contributed by atoms with Crippen LogP contribution in [0, 0.1) is 23.7 Å².